The Morgan fingerprint density at radius 1 is 0.750 bits per heavy atom. The Morgan fingerprint density at radius 2 is 1.15 bits per heavy atom. The van der Waals surface area contributed by atoms with Gasteiger partial charge in [0.2, 0.25) is 0 Å². The minimum absolute atomic E-state index is 0.803. The van der Waals surface area contributed by atoms with E-state index in [9.17, 15) is 0 Å². The molecule has 1 aromatic carbocycles. The van der Waals surface area contributed by atoms with Gasteiger partial charge in [-0.2, -0.15) is 0 Å². The molecule has 0 heterocycles. The molecular formula is C18H34SiSn. The maximum atomic E-state index is 2.56. The summed E-state index contributed by atoms with van der Waals surface area (Å²) in [5.41, 5.74) is 2.41. The summed E-state index contributed by atoms with van der Waals surface area (Å²) in [5, 5.41) is 1.79. The molecule has 0 amide bonds. The van der Waals surface area contributed by atoms with Crippen LogP contribution in [0.2, 0.25) is 31.4 Å². The van der Waals surface area contributed by atoms with E-state index in [1.54, 1.807) is 8.77 Å². The first-order valence-corrected chi connectivity index (χ1v) is 20.4. The minimum atomic E-state index is -2.07. The molecule has 0 aliphatic rings. The van der Waals surface area contributed by atoms with Crippen LogP contribution >= 0.6 is 0 Å². The third-order valence-electron chi connectivity index (χ3n) is 5.07. The summed E-state index contributed by atoms with van der Waals surface area (Å²) in [5.74, 6) is 0. The maximum absolute atomic E-state index is 2.56. The van der Waals surface area contributed by atoms with Gasteiger partial charge in [-0.05, 0) is 0 Å². The molecule has 0 unspecified atom stereocenters. The zero-order chi connectivity index (χ0) is 15.7. The number of hydrogen-bond acceptors (Lipinski definition) is 0. The molecule has 0 aliphatic carbocycles. The van der Waals surface area contributed by atoms with Gasteiger partial charge in [-0.25, -0.2) is 0 Å². The second-order valence-electron chi connectivity index (χ2n) is 8.19. The average Bonchev–Trinajstić information content (AvgIpc) is 2.27. The second-order valence-corrected chi connectivity index (χ2v) is 28.4. The Hall–Kier alpha value is 0.236. The first kappa shape index (κ1) is 18.3. The fraction of sp³-hybridized carbons (Fsp3) is 0.667. The summed E-state index contributed by atoms with van der Waals surface area (Å²) in [6.45, 7) is 14.8. The molecule has 0 aliphatic heterocycles. The summed E-state index contributed by atoms with van der Waals surface area (Å²) in [6.07, 6.45) is 0. The van der Waals surface area contributed by atoms with Gasteiger partial charge >= 0.3 is 132 Å². The van der Waals surface area contributed by atoms with Crippen LogP contribution in [0.3, 0.4) is 0 Å². The van der Waals surface area contributed by atoms with Crippen molar-refractivity contribution < 1.29 is 0 Å². The Morgan fingerprint density at radius 3 is 1.50 bits per heavy atom. The van der Waals surface area contributed by atoms with E-state index < -0.39 is 26.5 Å². The second kappa shape index (κ2) is 6.56. The van der Waals surface area contributed by atoms with E-state index in [2.05, 4.69) is 80.6 Å². The van der Waals surface area contributed by atoms with Crippen LogP contribution in [0.4, 0.5) is 0 Å². The Kier molecular flexibility index (Phi) is 5.99. The van der Waals surface area contributed by atoms with Crippen molar-refractivity contribution in [1.29, 1.82) is 0 Å². The van der Waals surface area contributed by atoms with E-state index in [-0.39, 0.29) is 0 Å². The molecule has 20 heavy (non-hydrogen) atoms. The molecule has 2 heteroatoms. The van der Waals surface area contributed by atoms with Gasteiger partial charge in [-0.1, -0.05) is 0 Å². The molecular weight excluding hydrogens is 363 g/mol. The number of benzene rings is 1. The molecule has 0 fully saturated rings. The van der Waals surface area contributed by atoms with Crippen LogP contribution in [0.1, 0.15) is 41.5 Å². The fourth-order valence-corrected chi connectivity index (χ4v) is 19.9. The molecule has 0 N–H and O–H groups in total. The summed E-state index contributed by atoms with van der Waals surface area (Å²) >= 11 is -2.07. The molecule has 0 radical (unpaired) electrons. The molecule has 1 aromatic rings. The molecule has 0 saturated carbocycles. The molecule has 0 saturated heterocycles. The SMILES string of the molecule is CC(C)[Si](c1cccc[c]1[Sn]([CH3])([CH3])[CH3])(C(C)C)C(C)C. The third-order valence-corrected chi connectivity index (χ3v) is 18.7. The van der Waals surface area contributed by atoms with Crippen molar-refractivity contribution in [3.63, 3.8) is 0 Å². The Balaban J connectivity index is 3.67. The van der Waals surface area contributed by atoms with E-state index >= 15 is 0 Å². The monoisotopic (exact) mass is 398 g/mol. The average molecular weight is 397 g/mol. The summed E-state index contributed by atoms with van der Waals surface area (Å²) in [4.78, 5) is 7.69. The van der Waals surface area contributed by atoms with Gasteiger partial charge in [-0.15, -0.1) is 0 Å². The van der Waals surface area contributed by atoms with Crippen molar-refractivity contribution in [3.05, 3.63) is 24.3 Å². The molecule has 0 bridgehead atoms. The predicted molar refractivity (Wildman–Crippen MR) is 100 cm³/mol. The van der Waals surface area contributed by atoms with E-state index in [4.69, 9.17) is 0 Å². The van der Waals surface area contributed by atoms with Gasteiger partial charge in [-0.3, -0.25) is 0 Å². The predicted octanol–water partition coefficient (Wildman–Crippen LogP) is 5.12. The van der Waals surface area contributed by atoms with Gasteiger partial charge in [0.15, 0.2) is 0 Å². The zero-order valence-electron chi connectivity index (χ0n) is 15.0. The molecule has 1 rings (SSSR count). The number of hydrogen-bond donors (Lipinski definition) is 0. The quantitative estimate of drug-likeness (QED) is 0.606. The summed E-state index contributed by atoms with van der Waals surface area (Å²) in [7, 11) is -1.51. The van der Waals surface area contributed by atoms with Crippen molar-refractivity contribution in [1.82, 2.24) is 0 Å². The summed E-state index contributed by atoms with van der Waals surface area (Å²) in [6, 6.07) is 9.50. The normalized spacial score (nSPS) is 13.6. The molecule has 0 aromatic heterocycles. The first-order valence-electron chi connectivity index (χ1n) is 8.16. The van der Waals surface area contributed by atoms with E-state index in [0.717, 1.165) is 16.6 Å². The Labute approximate surface area is 132 Å². The first-order chi connectivity index (χ1) is 9.06. The van der Waals surface area contributed by atoms with Crippen LogP contribution < -0.4 is 8.77 Å². The molecule has 114 valence electrons. The van der Waals surface area contributed by atoms with Gasteiger partial charge < -0.3 is 0 Å². The van der Waals surface area contributed by atoms with E-state index in [1.807, 2.05) is 0 Å². The van der Waals surface area contributed by atoms with Crippen LogP contribution in [0.5, 0.6) is 0 Å². The number of rotatable bonds is 5. The third kappa shape index (κ3) is 3.19. The van der Waals surface area contributed by atoms with Gasteiger partial charge in [0.1, 0.15) is 0 Å². The van der Waals surface area contributed by atoms with Gasteiger partial charge in [0.25, 0.3) is 0 Å². The van der Waals surface area contributed by atoms with E-state index in [0.29, 0.717) is 0 Å². The molecule has 0 spiro atoms. The zero-order valence-corrected chi connectivity index (χ0v) is 18.9. The van der Waals surface area contributed by atoms with Crippen molar-refractivity contribution in [2.75, 3.05) is 0 Å². The molecule has 0 atom stereocenters. The van der Waals surface area contributed by atoms with Gasteiger partial charge in [0, 0.05) is 0 Å². The standard InChI is InChI=1S/C15H25Si.3CH3.Sn/c1-12(2)16(13(3)4,14(5)6)15-10-8-7-9-11-15;;;;/h7-10,12-14H,1-6H3;3*1H3;. The Bertz CT molecular complexity index is 419. The molecule has 0 nitrogen and oxygen atoms in total. The topological polar surface area (TPSA) is 0 Å². The fourth-order valence-electron chi connectivity index (χ4n) is 4.45. The van der Waals surface area contributed by atoms with E-state index in [1.165, 1.54) is 0 Å². The summed E-state index contributed by atoms with van der Waals surface area (Å²) < 4.78 is 1.78. The van der Waals surface area contributed by atoms with Crippen LogP contribution in [-0.4, -0.2) is 26.5 Å². The van der Waals surface area contributed by atoms with Crippen LogP contribution in [0, 0.1) is 0 Å². The van der Waals surface area contributed by atoms with Crippen LogP contribution in [0.25, 0.3) is 0 Å². The van der Waals surface area contributed by atoms with Crippen molar-refractivity contribution >= 4 is 35.2 Å². The van der Waals surface area contributed by atoms with Crippen molar-refractivity contribution in [2.24, 2.45) is 0 Å². The van der Waals surface area contributed by atoms with Crippen LogP contribution in [0.15, 0.2) is 24.3 Å². The van der Waals surface area contributed by atoms with Crippen molar-refractivity contribution in [3.8, 4) is 0 Å². The van der Waals surface area contributed by atoms with Gasteiger partial charge in [0.05, 0.1) is 0 Å². The van der Waals surface area contributed by atoms with Crippen LogP contribution in [-0.2, 0) is 0 Å². The van der Waals surface area contributed by atoms with Crippen molar-refractivity contribution in [2.45, 2.75) is 73.0 Å².